The topological polar surface area (TPSA) is 68.5 Å². The summed E-state index contributed by atoms with van der Waals surface area (Å²) in [5.41, 5.74) is 2.33. The van der Waals surface area contributed by atoms with E-state index < -0.39 is 5.79 Å². The van der Waals surface area contributed by atoms with Crippen molar-refractivity contribution in [1.29, 1.82) is 0 Å². The molecule has 0 aromatic heterocycles. The first-order chi connectivity index (χ1) is 6.03. The molecule has 1 aliphatic rings. The van der Waals surface area contributed by atoms with Gasteiger partial charge in [-0.1, -0.05) is 0 Å². The molecule has 0 aliphatic carbocycles. The molecular formula is C7H15N3O2S. The highest BCUT2D eigenvalue weighted by Crippen LogP contribution is 2.21. The van der Waals surface area contributed by atoms with Gasteiger partial charge in [-0.3, -0.25) is 0 Å². The summed E-state index contributed by atoms with van der Waals surface area (Å²) in [6.45, 7) is 4.94. The quantitative estimate of drug-likeness (QED) is 0.320. The van der Waals surface area contributed by atoms with E-state index in [-0.39, 0.29) is 6.10 Å². The third-order valence-electron chi connectivity index (χ3n) is 1.69. The van der Waals surface area contributed by atoms with Crippen LogP contribution in [0.1, 0.15) is 13.8 Å². The van der Waals surface area contributed by atoms with E-state index in [4.69, 9.17) is 27.5 Å². The Balaban J connectivity index is 2.21. The third kappa shape index (κ3) is 3.43. The molecule has 0 saturated carbocycles. The summed E-state index contributed by atoms with van der Waals surface area (Å²) in [6.07, 6.45) is 0.0290. The first-order valence-corrected chi connectivity index (χ1v) is 4.50. The van der Waals surface area contributed by atoms with Crippen molar-refractivity contribution < 1.29 is 9.47 Å². The molecule has 4 N–H and O–H groups in total. The molecule has 76 valence electrons. The molecule has 0 radical (unpaired) electrons. The minimum Gasteiger partial charge on any atom is -0.359 e. The van der Waals surface area contributed by atoms with Gasteiger partial charge in [-0.25, -0.2) is 5.84 Å². The zero-order valence-electron chi connectivity index (χ0n) is 7.79. The van der Waals surface area contributed by atoms with Crippen molar-refractivity contribution in [3.63, 3.8) is 0 Å². The number of nitrogens with one attached hydrogen (secondary N) is 2. The minimum atomic E-state index is -0.482. The Kier molecular flexibility index (Phi) is 3.43. The van der Waals surface area contributed by atoms with Gasteiger partial charge in [0.05, 0.1) is 6.61 Å². The monoisotopic (exact) mass is 205 g/mol. The van der Waals surface area contributed by atoms with Gasteiger partial charge < -0.3 is 20.2 Å². The Hall–Kier alpha value is -0.430. The summed E-state index contributed by atoms with van der Waals surface area (Å²) in [7, 11) is 0. The zero-order valence-corrected chi connectivity index (χ0v) is 8.61. The van der Waals surface area contributed by atoms with Crippen molar-refractivity contribution in [2.24, 2.45) is 5.84 Å². The number of hydrazine groups is 1. The summed E-state index contributed by atoms with van der Waals surface area (Å²) >= 11 is 4.80. The summed E-state index contributed by atoms with van der Waals surface area (Å²) in [5.74, 6) is 4.60. The zero-order chi connectivity index (χ0) is 9.90. The second-order valence-corrected chi connectivity index (χ2v) is 3.71. The van der Waals surface area contributed by atoms with Crippen LogP contribution in [0.15, 0.2) is 0 Å². The number of hydrogen-bond donors (Lipinski definition) is 3. The highest BCUT2D eigenvalue weighted by atomic mass is 32.1. The maximum absolute atomic E-state index is 5.53. The number of hydrogen-bond acceptors (Lipinski definition) is 4. The van der Waals surface area contributed by atoms with Crippen LogP contribution in [0.25, 0.3) is 0 Å². The number of nitrogens with two attached hydrogens (primary N) is 1. The molecule has 0 amide bonds. The predicted molar refractivity (Wildman–Crippen MR) is 52.8 cm³/mol. The van der Waals surface area contributed by atoms with Crippen LogP contribution in [-0.4, -0.2) is 30.2 Å². The van der Waals surface area contributed by atoms with Crippen LogP contribution in [0.4, 0.5) is 0 Å². The smallest absolute Gasteiger partial charge is 0.180 e. The normalized spacial score (nSPS) is 25.6. The van der Waals surface area contributed by atoms with E-state index in [1.165, 1.54) is 0 Å². The van der Waals surface area contributed by atoms with Gasteiger partial charge in [0, 0.05) is 6.54 Å². The molecule has 1 heterocycles. The van der Waals surface area contributed by atoms with Gasteiger partial charge in [0.25, 0.3) is 0 Å². The molecule has 1 aliphatic heterocycles. The lowest BCUT2D eigenvalue weighted by Crippen LogP contribution is -2.43. The largest absolute Gasteiger partial charge is 0.359 e. The van der Waals surface area contributed by atoms with Crippen LogP contribution in [0, 0.1) is 0 Å². The second kappa shape index (κ2) is 4.19. The molecule has 0 aromatic carbocycles. The Morgan fingerprint density at radius 2 is 2.38 bits per heavy atom. The van der Waals surface area contributed by atoms with E-state index in [1.54, 1.807) is 0 Å². The van der Waals surface area contributed by atoms with Gasteiger partial charge in [0.1, 0.15) is 6.10 Å². The molecule has 1 rings (SSSR count). The molecule has 0 bridgehead atoms. The van der Waals surface area contributed by atoms with Gasteiger partial charge in [0.2, 0.25) is 0 Å². The highest BCUT2D eigenvalue weighted by Gasteiger charge is 2.32. The lowest BCUT2D eigenvalue weighted by molar-refractivity contribution is -0.137. The summed E-state index contributed by atoms with van der Waals surface area (Å²) in [4.78, 5) is 0. The van der Waals surface area contributed by atoms with E-state index in [0.29, 0.717) is 18.3 Å². The first-order valence-electron chi connectivity index (χ1n) is 4.10. The van der Waals surface area contributed by atoms with Crippen molar-refractivity contribution in [2.45, 2.75) is 25.7 Å². The van der Waals surface area contributed by atoms with Crippen LogP contribution >= 0.6 is 12.2 Å². The van der Waals surface area contributed by atoms with E-state index in [2.05, 4.69) is 10.7 Å². The molecule has 0 spiro atoms. The van der Waals surface area contributed by atoms with Crippen molar-refractivity contribution in [2.75, 3.05) is 13.2 Å². The van der Waals surface area contributed by atoms with Crippen LogP contribution in [0.3, 0.4) is 0 Å². The van der Waals surface area contributed by atoms with E-state index in [9.17, 15) is 0 Å². The van der Waals surface area contributed by atoms with Crippen molar-refractivity contribution in [3.8, 4) is 0 Å². The average Bonchev–Trinajstić information content (AvgIpc) is 2.41. The number of thiocarbonyl (C=S) groups is 1. The van der Waals surface area contributed by atoms with Gasteiger partial charge in [-0.05, 0) is 26.1 Å². The van der Waals surface area contributed by atoms with Crippen LogP contribution < -0.4 is 16.6 Å². The van der Waals surface area contributed by atoms with E-state index in [0.717, 1.165) is 0 Å². The summed E-state index contributed by atoms with van der Waals surface area (Å²) < 4.78 is 10.9. The molecule has 5 nitrogen and oxygen atoms in total. The van der Waals surface area contributed by atoms with Gasteiger partial charge >= 0.3 is 0 Å². The fourth-order valence-corrected chi connectivity index (χ4v) is 1.20. The molecule has 1 fully saturated rings. The first kappa shape index (κ1) is 10.6. The predicted octanol–water partition coefficient (Wildman–Crippen LogP) is -0.524. The number of rotatable bonds is 2. The summed E-state index contributed by atoms with van der Waals surface area (Å²) in [5, 5.41) is 3.31. The van der Waals surface area contributed by atoms with Crippen molar-refractivity contribution in [3.05, 3.63) is 0 Å². The molecular weight excluding hydrogens is 190 g/mol. The van der Waals surface area contributed by atoms with Crippen molar-refractivity contribution in [1.82, 2.24) is 10.7 Å². The fourth-order valence-electron chi connectivity index (χ4n) is 1.12. The van der Waals surface area contributed by atoms with Crippen LogP contribution in [0.2, 0.25) is 0 Å². The molecule has 13 heavy (non-hydrogen) atoms. The van der Waals surface area contributed by atoms with Crippen molar-refractivity contribution >= 4 is 17.3 Å². The van der Waals surface area contributed by atoms with E-state index in [1.807, 2.05) is 13.8 Å². The maximum Gasteiger partial charge on any atom is 0.180 e. The maximum atomic E-state index is 5.53. The third-order valence-corrected chi connectivity index (χ3v) is 1.95. The second-order valence-electron chi connectivity index (χ2n) is 3.31. The average molecular weight is 205 g/mol. The lowest BCUT2D eigenvalue weighted by atomic mass is 10.4. The van der Waals surface area contributed by atoms with Gasteiger partial charge in [0.15, 0.2) is 10.9 Å². The Morgan fingerprint density at radius 1 is 1.69 bits per heavy atom. The lowest BCUT2D eigenvalue weighted by Gasteiger charge is -2.17. The van der Waals surface area contributed by atoms with Crippen LogP contribution in [0.5, 0.6) is 0 Å². The minimum absolute atomic E-state index is 0.0290. The van der Waals surface area contributed by atoms with Crippen LogP contribution in [-0.2, 0) is 9.47 Å². The number of ether oxygens (including phenoxy) is 2. The van der Waals surface area contributed by atoms with E-state index >= 15 is 0 Å². The molecule has 1 saturated heterocycles. The molecule has 1 atom stereocenters. The Bertz CT molecular complexity index is 198. The fraction of sp³-hybridized carbons (Fsp3) is 0.857. The standard InChI is InChI=1S/C7H15N3O2S/c1-7(2)11-4-5(12-7)3-9-6(13)10-8/h5H,3-4,8H2,1-2H3,(H2,9,10,13). The summed E-state index contributed by atoms with van der Waals surface area (Å²) in [6, 6.07) is 0. The molecule has 6 heteroatoms. The molecule has 1 unspecified atom stereocenters. The SMILES string of the molecule is CC1(C)OCC(CNC(=S)NN)O1. The highest BCUT2D eigenvalue weighted by molar-refractivity contribution is 7.80. The van der Waals surface area contributed by atoms with Gasteiger partial charge in [-0.15, -0.1) is 0 Å². The van der Waals surface area contributed by atoms with Gasteiger partial charge in [-0.2, -0.15) is 0 Å². The Labute approximate surface area is 82.9 Å². The Morgan fingerprint density at radius 3 is 2.85 bits per heavy atom. The molecule has 0 aromatic rings.